The SMILES string of the molecule is N/C(=N/O)c1ncccc1CNCC(F)F. The maximum absolute atomic E-state index is 11.9. The molecule has 88 valence electrons. The number of rotatable bonds is 5. The van der Waals surface area contributed by atoms with Gasteiger partial charge >= 0.3 is 0 Å². The van der Waals surface area contributed by atoms with Crippen molar-refractivity contribution < 1.29 is 14.0 Å². The van der Waals surface area contributed by atoms with Gasteiger partial charge in [-0.2, -0.15) is 0 Å². The molecule has 0 saturated heterocycles. The van der Waals surface area contributed by atoms with Crippen LogP contribution >= 0.6 is 0 Å². The lowest BCUT2D eigenvalue weighted by Gasteiger charge is -2.07. The number of amidine groups is 1. The number of pyridine rings is 1. The number of nitrogens with zero attached hydrogens (tertiary/aromatic N) is 2. The van der Waals surface area contributed by atoms with E-state index in [0.29, 0.717) is 5.56 Å². The quantitative estimate of drug-likeness (QED) is 0.298. The van der Waals surface area contributed by atoms with Crippen molar-refractivity contribution in [3.05, 3.63) is 29.6 Å². The van der Waals surface area contributed by atoms with Gasteiger partial charge in [-0.1, -0.05) is 11.2 Å². The van der Waals surface area contributed by atoms with Crippen molar-refractivity contribution in [2.75, 3.05) is 6.54 Å². The van der Waals surface area contributed by atoms with E-state index in [2.05, 4.69) is 15.5 Å². The Balaban J connectivity index is 2.72. The molecule has 4 N–H and O–H groups in total. The first-order chi connectivity index (χ1) is 7.65. The third kappa shape index (κ3) is 3.43. The van der Waals surface area contributed by atoms with E-state index in [-0.39, 0.29) is 18.1 Å². The van der Waals surface area contributed by atoms with Crippen LogP contribution in [-0.2, 0) is 6.54 Å². The Hall–Kier alpha value is -1.76. The first kappa shape index (κ1) is 12.3. The molecule has 0 radical (unpaired) electrons. The lowest BCUT2D eigenvalue weighted by molar-refractivity contribution is 0.145. The molecule has 1 aromatic heterocycles. The lowest BCUT2D eigenvalue weighted by atomic mass is 10.2. The van der Waals surface area contributed by atoms with Crippen LogP contribution in [0, 0.1) is 0 Å². The molecule has 0 aliphatic heterocycles. The zero-order valence-corrected chi connectivity index (χ0v) is 8.40. The average molecular weight is 230 g/mol. The average Bonchev–Trinajstić information content (AvgIpc) is 2.28. The Morgan fingerprint density at radius 2 is 2.38 bits per heavy atom. The fourth-order valence-electron chi connectivity index (χ4n) is 1.18. The topological polar surface area (TPSA) is 83.5 Å². The Morgan fingerprint density at radius 3 is 3.00 bits per heavy atom. The van der Waals surface area contributed by atoms with Gasteiger partial charge in [-0.05, 0) is 11.6 Å². The lowest BCUT2D eigenvalue weighted by Crippen LogP contribution is -2.24. The Labute approximate surface area is 91.0 Å². The molecule has 0 aliphatic rings. The molecule has 0 atom stereocenters. The molecule has 16 heavy (non-hydrogen) atoms. The van der Waals surface area contributed by atoms with Gasteiger partial charge in [0.15, 0.2) is 5.84 Å². The summed E-state index contributed by atoms with van der Waals surface area (Å²) in [6, 6.07) is 3.31. The molecule has 0 saturated carbocycles. The second-order valence-corrected chi connectivity index (χ2v) is 3.02. The summed E-state index contributed by atoms with van der Waals surface area (Å²) < 4.78 is 23.8. The van der Waals surface area contributed by atoms with Gasteiger partial charge in [0.05, 0.1) is 6.54 Å². The molecule has 0 amide bonds. The van der Waals surface area contributed by atoms with Gasteiger partial charge in [-0.25, -0.2) is 8.78 Å². The van der Waals surface area contributed by atoms with Crippen molar-refractivity contribution in [3.63, 3.8) is 0 Å². The zero-order chi connectivity index (χ0) is 12.0. The van der Waals surface area contributed by atoms with Crippen LogP contribution in [0.15, 0.2) is 23.5 Å². The van der Waals surface area contributed by atoms with Gasteiger partial charge < -0.3 is 16.3 Å². The van der Waals surface area contributed by atoms with Crippen LogP contribution in [0.2, 0.25) is 0 Å². The molecule has 0 aliphatic carbocycles. The molecule has 0 aromatic carbocycles. The summed E-state index contributed by atoms with van der Waals surface area (Å²) in [6.07, 6.45) is -0.937. The predicted molar refractivity (Wildman–Crippen MR) is 54.5 cm³/mol. The van der Waals surface area contributed by atoms with E-state index >= 15 is 0 Å². The van der Waals surface area contributed by atoms with E-state index < -0.39 is 13.0 Å². The normalized spacial score (nSPS) is 12.1. The second kappa shape index (κ2) is 5.96. The fraction of sp³-hybridized carbons (Fsp3) is 0.333. The van der Waals surface area contributed by atoms with Gasteiger partial charge in [0, 0.05) is 12.7 Å². The molecule has 5 nitrogen and oxygen atoms in total. The number of aromatic nitrogens is 1. The van der Waals surface area contributed by atoms with Gasteiger partial charge in [0.1, 0.15) is 5.69 Å². The number of hydrogen-bond donors (Lipinski definition) is 3. The molecule has 1 aromatic rings. The van der Waals surface area contributed by atoms with Crippen LogP contribution in [0.25, 0.3) is 0 Å². The van der Waals surface area contributed by atoms with E-state index in [9.17, 15) is 8.78 Å². The maximum atomic E-state index is 11.9. The number of nitrogens with one attached hydrogen (secondary N) is 1. The van der Waals surface area contributed by atoms with E-state index in [4.69, 9.17) is 10.9 Å². The minimum atomic E-state index is -2.41. The van der Waals surface area contributed by atoms with E-state index in [1.807, 2.05) is 0 Å². The Bertz CT molecular complexity index is 370. The van der Waals surface area contributed by atoms with Crippen LogP contribution in [0.3, 0.4) is 0 Å². The van der Waals surface area contributed by atoms with E-state index in [0.717, 1.165) is 0 Å². The van der Waals surface area contributed by atoms with Crippen LogP contribution in [-0.4, -0.2) is 29.0 Å². The van der Waals surface area contributed by atoms with Crippen LogP contribution in [0.4, 0.5) is 8.78 Å². The minimum absolute atomic E-state index is 0.144. The predicted octanol–water partition coefficient (Wildman–Crippen LogP) is 0.531. The van der Waals surface area contributed by atoms with Crippen LogP contribution in [0.1, 0.15) is 11.3 Å². The monoisotopic (exact) mass is 230 g/mol. The number of nitrogens with two attached hydrogens (primary N) is 1. The smallest absolute Gasteiger partial charge is 0.250 e. The highest BCUT2D eigenvalue weighted by atomic mass is 19.3. The van der Waals surface area contributed by atoms with Crippen molar-refractivity contribution in [2.24, 2.45) is 10.9 Å². The summed E-state index contributed by atoms with van der Waals surface area (Å²) in [4.78, 5) is 3.90. The highest BCUT2D eigenvalue weighted by molar-refractivity contribution is 5.96. The second-order valence-electron chi connectivity index (χ2n) is 3.02. The first-order valence-electron chi connectivity index (χ1n) is 4.55. The van der Waals surface area contributed by atoms with Gasteiger partial charge in [-0.3, -0.25) is 4.98 Å². The van der Waals surface area contributed by atoms with E-state index in [1.165, 1.54) is 6.20 Å². The fourth-order valence-corrected chi connectivity index (χ4v) is 1.18. The summed E-state index contributed by atoms with van der Waals surface area (Å²) in [5.74, 6) is -0.144. The molecule has 0 unspecified atom stereocenters. The molecular formula is C9H12F2N4O. The molecule has 0 bridgehead atoms. The summed E-state index contributed by atoms with van der Waals surface area (Å²) in [6.45, 7) is -0.228. The third-order valence-electron chi connectivity index (χ3n) is 1.86. The molecule has 7 heteroatoms. The molecule has 1 heterocycles. The van der Waals surface area contributed by atoms with Crippen molar-refractivity contribution >= 4 is 5.84 Å². The van der Waals surface area contributed by atoms with Crippen LogP contribution < -0.4 is 11.1 Å². The minimum Gasteiger partial charge on any atom is -0.409 e. The third-order valence-corrected chi connectivity index (χ3v) is 1.86. The molecule has 0 fully saturated rings. The van der Waals surface area contributed by atoms with Crippen LogP contribution in [0.5, 0.6) is 0 Å². The maximum Gasteiger partial charge on any atom is 0.250 e. The van der Waals surface area contributed by atoms with E-state index in [1.54, 1.807) is 12.1 Å². The molecular weight excluding hydrogens is 218 g/mol. The Kier molecular flexibility index (Phi) is 4.59. The standard InChI is InChI=1S/C9H12F2N4O/c10-7(11)5-13-4-6-2-1-3-14-8(6)9(12)15-16/h1-3,7,13,16H,4-5H2,(H2,12,15). The van der Waals surface area contributed by atoms with Gasteiger partial charge in [0.25, 0.3) is 6.43 Å². The Morgan fingerprint density at radius 1 is 1.62 bits per heavy atom. The number of alkyl halides is 2. The van der Waals surface area contributed by atoms with Crippen molar-refractivity contribution in [2.45, 2.75) is 13.0 Å². The summed E-state index contributed by atoms with van der Waals surface area (Å²) >= 11 is 0. The first-order valence-corrected chi connectivity index (χ1v) is 4.55. The van der Waals surface area contributed by atoms with Crippen molar-refractivity contribution in [1.82, 2.24) is 10.3 Å². The summed E-state index contributed by atoms with van der Waals surface area (Å²) in [7, 11) is 0. The largest absolute Gasteiger partial charge is 0.409 e. The van der Waals surface area contributed by atoms with Crippen molar-refractivity contribution in [1.29, 1.82) is 0 Å². The van der Waals surface area contributed by atoms with Crippen molar-refractivity contribution in [3.8, 4) is 0 Å². The van der Waals surface area contributed by atoms with Gasteiger partial charge in [-0.15, -0.1) is 0 Å². The molecule has 0 spiro atoms. The number of halogens is 2. The number of oxime groups is 1. The van der Waals surface area contributed by atoms with Gasteiger partial charge in [0.2, 0.25) is 0 Å². The molecule has 1 rings (SSSR count). The highest BCUT2D eigenvalue weighted by Gasteiger charge is 2.08. The highest BCUT2D eigenvalue weighted by Crippen LogP contribution is 2.04. The zero-order valence-electron chi connectivity index (χ0n) is 8.40. The number of hydrogen-bond acceptors (Lipinski definition) is 4. The summed E-state index contributed by atoms with van der Waals surface area (Å²) in [5.41, 5.74) is 6.27. The summed E-state index contributed by atoms with van der Waals surface area (Å²) in [5, 5.41) is 13.9.